The smallest absolute Gasteiger partial charge is 0.255 e. The molecule has 0 unspecified atom stereocenters. The number of ether oxygens (including phenoxy) is 1. The molecule has 0 spiro atoms. The van der Waals surface area contributed by atoms with Crippen LogP contribution in [0.2, 0.25) is 0 Å². The van der Waals surface area contributed by atoms with Crippen molar-refractivity contribution in [1.29, 1.82) is 5.26 Å². The topological polar surface area (TPSA) is 62.1 Å². The Hall–Kier alpha value is -2.09. The number of carbonyl (C=O) groups excluding carboxylic acids is 1. The SMILES string of the molecule is COc1ccc(C(=O)NC2(C#N)CCCCC2)c(F)c1. The van der Waals surface area contributed by atoms with Crippen molar-refractivity contribution in [1.82, 2.24) is 5.32 Å². The van der Waals surface area contributed by atoms with Gasteiger partial charge in [-0.2, -0.15) is 5.26 Å². The van der Waals surface area contributed by atoms with Gasteiger partial charge in [0.05, 0.1) is 18.7 Å². The van der Waals surface area contributed by atoms with Crippen LogP contribution in [0.4, 0.5) is 4.39 Å². The highest BCUT2D eigenvalue weighted by molar-refractivity contribution is 5.95. The second kappa shape index (κ2) is 5.91. The van der Waals surface area contributed by atoms with Gasteiger partial charge in [0, 0.05) is 6.07 Å². The van der Waals surface area contributed by atoms with Crippen LogP contribution in [-0.2, 0) is 0 Å². The Morgan fingerprint density at radius 2 is 2.10 bits per heavy atom. The van der Waals surface area contributed by atoms with Crippen LogP contribution < -0.4 is 10.1 Å². The summed E-state index contributed by atoms with van der Waals surface area (Å²) in [5, 5.41) is 12.0. The minimum Gasteiger partial charge on any atom is -0.497 e. The van der Waals surface area contributed by atoms with E-state index in [0.717, 1.165) is 25.3 Å². The van der Waals surface area contributed by atoms with Gasteiger partial charge in [0.25, 0.3) is 5.91 Å². The van der Waals surface area contributed by atoms with Crippen molar-refractivity contribution in [3.63, 3.8) is 0 Å². The molecule has 106 valence electrons. The second-order valence-corrected chi connectivity index (χ2v) is 5.05. The van der Waals surface area contributed by atoms with E-state index in [2.05, 4.69) is 11.4 Å². The van der Waals surface area contributed by atoms with Gasteiger partial charge in [0.15, 0.2) is 0 Å². The number of rotatable bonds is 3. The highest BCUT2D eigenvalue weighted by Gasteiger charge is 2.34. The molecule has 0 aliphatic heterocycles. The molecule has 1 aromatic carbocycles. The number of nitrogens with zero attached hydrogens (tertiary/aromatic N) is 1. The van der Waals surface area contributed by atoms with Crippen LogP contribution in [0.5, 0.6) is 5.75 Å². The van der Waals surface area contributed by atoms with Gasteiger partial charge in [-0.25, -0.2) is 4.39 Å². The number of nitriles is 1. The number of halogens is 1. The third kappa shape index (κ3) is 2.90. The Morgan fingerprint density at radius 1 is 1.40 bits per heavy atom. The van der Waals surface area contributed by atoms with Crippen molar-refractivity contribution in [3.05, 3.63) is 29.6 Å². The Balaban J connectivity index is 2.17. The molecule has 0 aromatic heterocycles. The maximum Gasteiger partial charge on any atom is 0.255 e. The lowest BCUT2D eigenvalue weighted by Crippen LogP contribution is -2.48. The van der Waals surface area contributed by atoms with Crippen molar-refractivity contribution in [3.8, 4) is 11.8 Å². The lowest BCUT2D eigenvalue weighted by molar-refractivity contribution is 0.0898. The maximum absolute atomic E-state index is 13.8. The molecule has 0 bridgehead atoms. The molecule has 0 radical (unpaired) electrons. The van der Waals surface area contributed by atoms with Crippen molar-refractivity contribution >= 4 is 5.91 Å². The summed E-state index contributed by atoms with van der Waals surface area (Å²) in [6.07, 6.45) is 4.11. The van der Waals surface area contributed by atoms with Crippen molar-refractivity contribution in [2.75, 3.05) is 7.11 Å². The summed E-state index contributed by atoms with van der Waals surface area (Å²) in [5.41, 5.74) is -0.923. The number of hydrogen-bond acceptors (Lipinski definition) is 3. The first kappa shape index (κ1) is 14.3. The number of amides is 1. The Kier molecular flexibility index (Phi) is 4.23. The quantitative estimate of drug-likeness (QED) is 0.923. The molecule has 1 aliphatic rings. The zero-order chi connectivity index (χ0) is 14.6. The summed E-state index contributed by atoms with van der Waals surface area (Å²) >= 11 is 0. The first-order valence-corrected chi connectivity index (χ1v) is 6.67. The molecule has 1 aromatic rings. The van der Waals surface area contributed by atoms with Gasteiger partial charge in [0.2, 0.25) is 0 Å². The molecule has 1 aliphatic carbocycles. The summed E-state index contributed by atoms with van der Waals surface area (Å²) in [6, 6.07) is 6.24. The molecule has 0 saturated heterocycles. The fourth-order valence-corrected chi connectivity index (χ4v) is 2.51. The van der Waals surface area contributed by atoms with Crippen LogP contribution in [0.1, 0.15) is 42.5 Å². The number of nitrogens with one attached hydrogen (secondary N) is 1. The van der Waals surface area contributed by atoms with E-state index in [1.165, 1.54) is 19.2 Å². The summed E-state index contributed by atoms with van der Waals surface area (Å²) < 4.78 is 18.7. The fourth-order valence-electron chi connectivity index (χ4n) is 2.51. The zero-order valence-electron chi connectivity index (χ0n) is 11.4. The standard InChI is InChI=1S/C15H17FN2O2/c1-20-11-5-6-12(13(16)9-11)14(19)18-15(10-17)7-3-2-4-8-15/h5-6,9H,2-4,7-8H2,1H3,(H,18,19). The van der Waals surface area contributed by atoms with Crippen LogP contribution in [0.15, 0.2) is 18.2 Å². The molecular formula is C15H17FN2O2. The van der Waals surface area contributed by atoms with Gasteiger partial charge in [-0.05, 0) is 25.0 Å². The van der Waals surface area contributed by atoms with Crippen LogP contribution in [0.3, 0.4) is 0 Å². The maximum atomic E-state index is 13.8. The molecule has 0 atom stereocenters. The number of methoxy groups -OCH3 is 1. The van der Waals surface area contributed by atoms with Crippen LogP contribution in [-0.4, -0.2) is 18.6 Å². The van der Waals surface area contributed by atoms with Crippen LogP contribution in [0.25, 0.3) is 0 Å². The van der Waals surface area contributed by atoms with Gasteiger partial charge in [-0.15, -0.1) is 0 Å². The predicted molar refractivity (Wildman–Crippen MR) is 71.8 cm³/mol. The Morgan fingerprint density at radius 3 is 2.65 bits per heavy atom. The van der Waals surface area contributed by atoms with E-state index in [0.29, 0.717) is 18.6 Å². The molecule has 20 heavy (non-hydrogen) atoms. The van der Waals surface area contributed by atoms with E-state index < -0.39 is 17.3 Å². The van der Waals surface area contributed by atoms with E-state index in [4.69, 9.17) is 4.74 Å². The molecule has 1 amide bonds. The van der Waals surface area contributed by atoms with Gasteiger partial charge in [-0.1, -0.05) is 19.3 Å². The van der Waals surface area contributed by atoms with Crippen molar-refractivity contribution < 1.29 is 13.9 Å². The van der Waals surface area contributed by atoms with E-state index in [1.807, 2.05) is 0 Å². The largest absolute Gasteiger partial charge is 0.497 e. The first-order chi connectivity index (χ1) is 9.60. The Labute approximate surface area is 117 Å². The summed E-state index contributed by atoms with van der Waals surface area (Å²) in [6.45, 7) is 0. The third-order valence-electron chi connectivity index (χ3n) is 3.69. The second-order valence-electron chi connectivity index (χ2n) is 5.05. The average molecular weight is 276 g/mol. The summed E-state index contributed by atoms with van der Waals surface area (Å²) in [7, 11) is 1.43. The molecule has 1 N–H and O–H groups in total. The summed E-state index contributed by atoms with van der Waals surface area (Å²) in [4.78, 5) is 12.2. The number of benzene rings is 1. The molecule has 1 fully saturated rings. The zero-order valence-corrected chi connectivity index (χ0v) is 11.4. The van der Waals surface area contributed by atoms with Gasteiger partial charge in [-0.3, -0.25) is 4.79 Å². The monoisotopic (exact) mass is 276 g/mol. The molecule has 2 rings (SSSR count). The van der Waals surface area contributed by atoms with Crippen molar-refractivity contribution in [2.45, 2.75) is 37.6 Å². The molecule has 4 nitrogen and oxygen atoms in total. The minimum absolute atomic E-state index is 0.0639. The normalized spacial score (nSPS) is 17.1. The Bertz CT molecular complexity index is 545. The van der Waals surface area contributed by atoms with Crippen molar-refractivity contribution in [2.24, 2.45) is 0 Å². The van der Waals surface area contributed by atoms with E-state index in [9.17, 15) is 14.4 Å². The molecule has 5 heteroatoms. The van der Waals surface area contributed by atoms with E-state index >= 15 is 0 Å². The molecule has 0 heterocycles. The van der Waals surface area contributed by atoms with E-state index in [1.54, 1.807) is 0 Å². The minimum atomic E-state index is -0.859. The van der Waals surface area contributed by atoms with Gasteiger partial charge in [0.1, 0.15) is 17.1 Å². The van der Waals surface area contributed by atoms with Gasteiger partial charge >= 0.3 is 0 Å². The number of hydrogen-bond donors (Lipinski definition) is 1. The lowest BCUT2D eigenvalue weighted by atomic mass is 9.82. The third-order valence-corrected chi connectivity index (χ3v) is 3.69. The van der Waals surface area contributed by atoms with E-state index in [-0.39, 0.29) is 5.56 Å². The first-order valence-electron chi connectivity index (χ1n) is 6.67. The van der Waals surface area contributed by atoms with Crippen LogP contribution >= 0.6 is 0 Å². The molecule has 1 saturated carbocycles. The van der Waals surface area contributed by atoms with Crippen LogP contribution in [0, 0.1) is 17.1 Å². The lowest BCUT2D eigenvalue weighted by Gasteiger charge is -2.31. The predicted octanol–water partition coefficient (Wildman–Crippen LogP) is 2.79. The average Bonchev–Trinajstić information content (AvgIpc) is 2.47. The molecular weight excluding hydrogens is 259 g/mol. The fraction of sp³-hybridized carbons (Fsp3) is 0.467. The number of carbonyl (C=O) groups is 1. The van der Waals surface area contributed by atoms with Gasteiger partial charge < -0.3 is 10.1 Å². The highest BCUT2D eigenvalue weighted by Crippen LogP contribution is 2.28. The summed E-state index contributed by atoms with van der Waals surface area (Å²) in [5.74, 6) is -0.842. The highest BCUT2D eigenvalue weighted by atomic mass is 19.1.